The first-order chi connectivity index (χ1) is 9.15. The fraction of sp³-hybridized carbons (Fsp3) is 0.667. The fourth-order valence-electron chi connectivity index (χ4n) is 2.23. The molecule has 0 aromatic carbocycles. The quantitative estimate of drug-likeness (QED) is 0.817. The second-order valence-corrected chi connectivity index (χ2v) is 6.12. The first kappa shape index (κ1) is 13.9. The maximum atomic E-state index is 12.2. The molecule has 102 valence electrons. The maximum Gasteiger partial charge on any atom is 0.234 e. The molecule has 2 N–H and O–H groups in total. The number of nitriles is 1. The molecule has 1 aromatic heterocycles. The van der Waals surface area contributed by atoms with Crippen LogP contribution >= 0.6 is 11.8 Å². The summed E-state index contributed by atoms with van der Waals surface area (Å²) >= 11 is 1.31. The first-order valence-corrected chi connectivity index (χ1v) is 7.28. The molecule has 0 saturated heterocycles. The molecule has 1 aliphatic rings. The van der Waals surface area contributed by atoms with Gasteiger partial charge in [0.05, 0.1) is 11.3 Å². The van der Waals surface area contributed by atoms with Gasteiger partial charge in [0, 0.05) is 0 Å². The van der Waals surface area contributed by atoms with Crippen LogP contribution in [0.25, 0.3) is 0 Å². The van der Waals surface area contributed by atoms with Crippen LogP contribution in [0.1, 0.15) is 39.0 Å². The molecular formula is C12H17N5OS. The van der Waals surface area contributed by atoms with Crippen molar-refractivity contribution in [3.05, 3.63) is 6.33 Å². The Hall–Kier alpha value is -1.55. The van der Waals surface area contributed by atoms with Gasteiger partial charge in [-0.25, -0.2) is 4.98 Å². The number of carbonyl (C=O) groups is 1. The molecule has 7 heteroatoms. The lowest BCUT2D eigenvalue weighted by molar-refractivity contribution is -0.121. The van der Waals surface area contributed by atoms with Crippen LogP contribution in [0.5, 0.6) is 0 Å². The third-order valence-electron chi connectivity index (χ3n) is 3.33. The average Bonchev–Trinajstić information content (AvgIpc) is 2.92. The van der Waals surface area contributed by atoms with E-state index in [-0.39, 0.29) is 11.2 Å². The summed E-state index contributed by atoms with van der Waals surface area (Å²) in [5, 5.41) is 19.0. The van der Waals surface area contributed by atoms with E-state index in [0.717, 1.165) is 32.1 Å². The van der Waals surface area contributed by atoms with Crippen LogP contribution < -0.4 is 5.32 Å². The van der Waals surface area contributed by atoms with Crippen molar-refractivity contribution in [1.29, 1.82) is 5.26 Å². The third kappa shape index (κ3) is 3.47. The highest BCUT2D eigenvalue weighted by Gasteiger charge is 2.34. The summed E-state index contributed by atoms with van der Waals surface area (Å²) in [5.41, 5.74) is -0.675. The zero-order valence-corrected chi connectivity index (χ0v) is 11.7. The van der Waals surface area contributed by atoms with Gasteiger partial charge in [-0.2, -0.15) is 10.4 Å². The first-order valence-electron chi connectivity index (χ1n) is 6.40. The summed E-state index contributed by atoms with van der Waals surface area (Å²) in [6.45, 7) is 1.80. The van der Waals surface area contributed by atoms with Crippen LogP contribution in [0.15, 0.2) is 11.5 Å². The molecule has 1 atom stereocenters. The Morgan fingerprint density at radius 3 is 2.89 bits per heavy atom. The van der Waals surface area contributed by atoms with E-state index in [1.807, 2.05) is 0 Å². The van der Waals surface area contributed by atoms with E-state index in [4.69, 9.17) is 0 Å². The fourth-order valence-corrected chi connectivity index (χ4v) is 2.94. The van der Waals surface area contributed by atoms with Crippen molar-refractivity contribution in [2.75, 3.05) is 0 Å². The van der Waals surface area contributed by atoms with Crippen LogP contribution in [0, 0.1) is 11.3 Å². The molecule has 19 heavy (non-hydrogen) atoms. The van der Waals surface area contributed by atoms with Gasteiger partial charge in [0.15, 0.2) is 5.16 Å². The van der Waals surface area contributed by atoms with Crippen LogP contribution in [0.4, 0.5) is 0 Å². The number of nitrogens with zero attached hydrogens (tertiary/aromatic N) is 3. The number of hydrogen-bond donors (Lipinski definition) is 2. The molecule has 0 unspecified atom stereocenters. The predicted molar refractivity (Wildman–Crippen MR) is 71.3 cm³/mol. The van der Waals surface area contributed by atoms with E-state index >= 15 is 0 Å². The van der Waals surface area contributed by atoms with Gasteiger partial charge in [-0.1, -0.05) is 31.0 Å². The second-order valence-electron chi connectivity index (χ2n) is 4.79. The Balaban J connectivity index is 1.94. The molecule has 1 amide bonds. The van der Waals surface area contributed by atoms with Crippen molar-refractivity contribution in [3.8, 4) is 6.07 Å². The van der Waals surface area contributed by atoms with Crippen molar-refractivity contribution < 1.29 is 4.79 Å². The average molecular weight is 279 g/mol. The zero-order valence-electron chi connectivity index (χ0n) is 10.8. The lowest BCUT2D eigenvalue weighted by atomic mass is 9.83. The lowest BCUT2D eigenvalue weighted by Gasteiger charge is -2.32. The third-order valence-corrected chi connectivity index (χ3v) is 4.32. The van der Waals surface area contributed by atoms with Crippen molar-refractivity contribution in [2.45, 2.75) is 55.0 Å². The standard InChI is InChI=1S/C12H17N5OS/c1-9(19-11-14-8-15-17-11)10(18)16-12(7-13)5-3-2-4-6-12/h8-9H,2-6H2,1H3,(H,16,18)(H,14,15,17)/t9-/m0/s1. The van der Waals surface area contributed by atoms with Crippen molar-refractivity contribution in [2.24, 2.45) is 0 Å². The highest BCUT2D eigenvalue weighted by Crippen LogP contribution is 2.28. The van der Waals surface area contributed by atoms with Crippen LogP contribution in [0.2, 0.25) is 0 Å². The number of aromatic nitrogens is 3. The predicted octanol–water partition coefficient (Wildman–Crippen LogP) is 1.63. The number of H-pyrrole nitrogens is 1. The second kappa shape index (κ2) is 6.06. The minimum atomic E-state index is -0.675. The maximum absolute atomic E-state index is 12.2. The van der Waals surface area contributed by atoms with Gasteiger partial charge in [-0.15, -0.1) is 0 Å². The summed E-state index contributed by atoms with van der Waals surface area (Å²) in [5.74, 6) is -0.121. The molecule has 0 bridgehead atoms. The molecule has 6 nitrogen and oxygen atoms in total. The summed E-state index contributed by atoms with van der Waals surface area (Å²) in [6, 6.07) is 2.29. The highest BCUT2D eigenvalue weighted by molar-refractivity contribution is 8.00. The van der Waals surface area contributed by atoms with E-state index in [0.29, 0.717) is 5.16 Å². The Morgan fingerprint density at radius 2 is 2.32 bits per heavy atom. The Bertz CT molecular complexity index is 461. The summed E-state index contributed by atoms with van der Waals surface area (Å²) in [7, 11) is 0. The van der Waals surface area contributed by atoms with Crippen molar-refractivity contribution in [3.63, 3.8) is 0 Å². The number of thioether (sulfide) groups is 1. The number of nitrogens with one attached hydrogen (secondary N) is 2. The molecule has 1 saturated carbocycles. The van der Waals surface area contributed by atoms with Crippen LogP contribution in [-0.2, 0) is 4.79 Å². The van der Waals surface area contributed by atoms with Gasteiger partial charge in [0.25, 0.3) is 0 Å². The highest BCUT2D eigenvalue weighted by atomic mass is 32.2. The minimum absolute atomic E-state index is 0.121. The number of aromatic amines is 1. The van der Waals surface area contributed by atoms with Gasteiger partial charge in [0.2, 0.25) is 5.91 Å². The number of hydrogen-bond acceptors (Lipinski definition) is 5. The van der Waals surface area contributed by atoms with Gasteiger partial charge in [-0.3, -0.25) is 9.89 Å². The van der Waals surface area contributed by atoms with E-state index in [2.05, 4.69) is 26.6 Å². The Morgan fingerprint density at radius 1 is 1.58 bits per heavy atom. The van der Waals surface area contributed by atoms with Gasteiger partial charge < -0.3 is 5.32 Å². The van der Waals surface area contributed by atoms with Crippen LogP contribution in [0.3, 0.4) is 0 Å². The Kier molecular flexibility index (Phi) is 4.43. The minimum Gasteiger partial charge on any atom is -0.337 e. The molecular weight excluding hydrogens is 262 g/mol. The summed E-state index contributed by atoms with van der Waals surface area (Å²) in [6.07, 6.45) is 6.03. The smallest absolute Gasteiger partial charge is 0.234 e. The Labute approximate surface area is 116 Å². The van der Waals surface area contributed by atoms with Gasteiger partial charge in [0.1, 0.15) is 11.9 Å². The SMILES string of the molecule is C[C@H](Sc1ncn[nH]1)C(=O)NC1(C#N)CCCCC1. The molecule has 0 spiro atoms. The molecule has 2 rings (SSSR count). The number of amides is 1. The lowest BCUT2D eigenvalue weighted by Crippen LogP contribution is -2.50. The topological polar surface area (TPSA) is 94.5 Å². The normalized spacial score (nSPS) is 19.4. The van der Waals surface area contributed by atoms with E-state index in [1.165, 1.54) is 18.1 Å². The summed E-state index contributed by atoms with van der Waals surface area (Å²) in [4.78, 5) is 16.1. The van der Waals surface area contributed by atoms with Crippen molar-refractivity contribution >= 4 is 17.7 Å². The van der Waals surface area contributed by atoms with E-state index in [9.17, 15) is 10.1 Å². The number of carbonyl (C=O) groups excluding carboxylic acids is 1. The van der Waals surface area contributed by atoms with Gasteiger partial charge >= 0.3 is 0 Å². The largest absolute Gasteiger partial charge is 0.337 e. The van der Waals surface area contributed by atoms with E-state index in [1.54, 1.807) is 6.92 Å². The molecule has 0 aliphatic heterocycles. The number of rotatable bonds is 4. The van der Waals surface area contributed by atoms with E-state index < -0.39 is 5.54 Å². The van der Waals surface area contributed by atoms with Gasteiger partial charge in [-0.05, 0) is 19.8 Å². The van der Waals surface area contributed by atoms with Crippen LogP contribution in [-0.4, -0.2) is 31.9 Å². The monoisotopic (exact) mass is 279 g/mol. The molecule has 1 aromatic rings. The molecule has 1 fully saturated rings. The summed E-state index contributed by atoms with van der Waals surface area (Å²) < 4.78 is 0. The van der Waals surface area contributed by atoms with Crippen molar-refractivity contribution in [1.82, 2.24) is 20.5 Å². The zero-order chi connectivity index (χ0) is 13.7. The molecule has 1 heterocycles. The molecule has 0 radical (unpaired) electrons. The molecule has 1 aliphatic carbocycles.